The van der Waals surface area contributed by atoms with Crippen LogP contribution in [-0.4, -0.2) is 18.7 Å². The second kappa shape index (κ2) is 6.10. The van der Waals surface area contributed by atoms with E-state index in [9.17, 15) is 9.59 Å². The van der Waals surface area contributed by atoms with E-state index in [0.29, 0.717) is 10.6 Å². The van der Waals surface area contributed by atoms with Crippen molar-refractivity contribution >= 4 is 23.7 Å². The molecule has 1 atom stereocenters. The highest BCUT2D eigenvalue weighted by atomic mass is 35.5. The van der Waals surface area contributed by atoms with Crippen LogP contribution in [0.3, 0.4) is 0 Å². The standard InChI is InChI=1S/C11H12ClNO4/c1-7(14)16-6-10(17-11(13)15)8-4-2-3-5-9(8)12/h2-5,10H,6H2,1H3,(H2,13,15). The summed E-state index contributed by atoms with van der Waals surface area (Å²) < 4.78 is 9.63. The largest absolute Gasteiger partial charge is 0.462 e. The number of carbonyl (C=O) groups is 2. The topological polar surface area (TPSA) is 78.6 Å². The molecule has 92 valence electrons. The molecule has 0 aliphatic heterocycles. The van der Waals surface area contributed by atoms with Crippen LogP contribution < -0.4 is 5.73 Å². The van der Waals surface area contributed by atoms with E-state index in [-0.39, 0.29) is 6.61 Å². The summed E-state index contributed by atoms with van der Waals surface area (Å²) in [4.78, 5) is 21.5. The van der Waals surface area contributed by atoms with Crippen molar-refractivity contribution in [3.8, 4) is 0 Å². The molecule has 0 heterocycles. The van der Waals surface area contributed by atoms with Crippen LogP contribution in [0.5, 0.6) is 0 Å². The highest BCUT2D eigenvalue weighted by molar-refractivity contribution is 6.31. The number of benzene rings is 1. The molecule has 0 bridgehead atoms. The van der Waals surface area contributed by atoms with Gasteiger partial charge in [0.15, 0.2) is 6.10 Å². The van der Waals surface area contributed by atoms with E-state index < -0.39 is 18.2 Å². The summed E-state index contributed by atoms with van der Waals surface area (Å²) in [5.74, 6) is -0.477. The predicted octanol–water partition coefficient (Wildman–Crippen LogP) is 2.04. The van der Waals surface area contributed by atoms with Crippen LogP contribution >= 0.6 is 11.6 Å². The number of halogens is 1. The normalized spacial score (nSPS) is 11.6. The maximum atomic E-state index is 10.8. The van der Waals surface area contributed by atoms with Gasteiger partial charge in [0, 0.05) is 17.5 Å². The van der Waals surface area contributed by atoms with Gasteiger partial charge in [-0.05, 0) is 6.07 Å². The molecular weight excluding hydrogens is 246 g/mol. The van der Waals surface area contributed by atoms with Gasteiger partial charge < -0.3 is 15.2 Å². The zero-order chi connectivity index (χ0) is 12.8. The first kappa shape index (κ1) is 13.3. The monoisotopic (exact) mass is 257 g/mol. The Balaban J connectivity index is 2.85. The molecule has 1 aromatic rings. The van der Waals surface area contributed by atoms with Crippen LogP contribution in [0.1, 0.15) is 18.6 Å². The van der Waals surface area contributed by atoms with E-state index in [1.807, 2.05) is 0 Å². The Bertz CT molecular complexity index is 422. The van der Waals surface area contributed by atoms with E-state index in [4.69, 9.17) is 26.8 Å². The number of primary amides is 1. The van der Waals surface area contributed by atoms with Gasteiger partial charge in [-0.3, -0.25) is 4.79 Å². The molecule has 1 unspecified atom stereocenters. The van der Waals surface area contributed by atoms with Gasteiger partial charge in [0.2, 0.25) is 0 Å². The summed E-state index contributed by atoms with van der Waals surface area (Å²) in [7, 11) is 0. The van der Waals surface area contributed by atoms with Gasteiger partial charge in [-0.25, -0.2) is 4.79 Å². The van der Waals surface area contributed by atoms with Crippen molar-refractivity contribution in [1.29, 1.82) is 0 Å². The summed E-state index contributed by atoms with van der Waals surface area (Å²) >= 11 is 5.95. The zero-order valence-corrected chi connectivity index (χ0v) is 9.94. The van der Waals surface area contributed by atoms with E-state index in [1.165, 1.54) is 6.92 Å². The smallest absolute Gasteiger partial charge is 0.405 e. The molecule has 0 aliphatic carbocycles. The Kier molecular flexibility index (Phi) is 4.78. The molecule has 1 amide bonds. The maximum Gasteiger partial charge on any atom is 0.405 e. The lowest BCUT2D eigenvalue weighted by Crippen LogP contribution is -2.22. The highest BCUT2D eigenvalue weighted by Crippen LogP contribution is 2.25. The van der Waals surface area contributed by atoms with Crippen molar-refractivity contribution in [1.82, 2.24) is 0 Å². The number of rotatable bonds is 4. The van der Waals surface area contributed by atoms with Crippen molar-refractivity contribution < 1.29 is 19.1 Å². The fraction of sp³-hybridized carbons (Fsp3) is 0.273. The maximum absolute atomic E-state index is 10.8. The summed E-state index contributed by atoms with van der Waals surface area (Å²) in [6.45, 7) is 1.13. The Morgan fingerprint density at radius 1 is 1.41 bits per heavy atom. The first-order valence-corrected chi connectivity index (χ1v) is 5.22. The third kappa shape index (κ3) is 4.32. The molecule has 1 aromatic carbocycles. The Labute approximate surface area is 103 Å². The average molecular weight is 258 g/mol. The molecule has 1 rings (SSSR count). The van der Waals surface area contributed by atoms with E-state index in [0.717, 1.165) is 0 Å². The minimum Gasteiger partial charge on any atom is -0.462 e. The number of esters is 1. The first-order chi connectivity index (χ1) is 8.00. The van der Waals surface area contributed by atoms with Crippen LogP contribution in [-0.2, 0) is 14.3 Å². The van der Waals surface area contributed by atoms with E-state index in [1.54, 1.807) is 24.3 Å². The highest BCUT2D eigenvalue weighted by Gasteiger charge is 2.19. The van der Waals surface area contributed by atoms with Crippen molar-refractivity contribution in [2.24, 2.45) is 5.73 Å². The fourth-order valence-electron chi connectivity index (χ4n) is 1.26. The van der Waals surface area contributed by atoms with Crippen LogP contribution in [0.2, 0.25) is 5.02 Å². The second-order valence-corrected chi connectivity index (χ2v) is 3.66. The van der Waals surface area contributed by atoms with Gasteiger partial charge in [-0.15, -0.1) is 0 Å². The Hall–Kier alpha value is -1.75. The molecule has 0 aliphatic rings. The third-order valence-electron chi connectivity index (χ3n) is 1.95. The van der Waals surface area contributed by atoms with Crippen LogP contribution in [0.4, 0.5) is 4.79 Å². The number of nitrogens with two attached hydrogens (primary N) is 1. The lowest BCUT2D eigenvalue weighted by Gasteiger charge is -2.17. The van der Waals surface area contributed by atoms with Gasteiger partial charge in [-0.1, -0.05) is 29.8 Å². The summed E-state index contributed by atoms with van der Waals surface area (Å²) in [5.41, 5.74) is 5.48. The zero-order valence-electron chi connectivity index (χ0n) is 9.18. The van der Waals surface area contributed by atoms with Gasteiger partial charge in [0.1, 0.15) is 6.61 Å². The molecule has 0 saturated heterocycles. The molecule has 5 nitrogen and oxygen atoms in total. The molecule has 0 spiro atoms. The average Bonchev–Trinajstić information content (AvgIpc) is 2.24. The molecule has 0 aromatic heterocycles. The SMILES string of the molecule is CC(=O)OCC(OC(N)=O)c1ccccc1Cl. The quantitative estimate of drug-likeness (QED) is 0.837. The molecule has 17 heavy (non-hydrogen) atoms. The molecule has 6 heteroatoms. The first-order valence-electron chi connectivity index (χ1n) is 4.84. The van der Waals surface area contributed by atoms with Crippen molar-refractivity contribution in [2.75, 3.05) is 6.61 Å². The van der Waals surface area contributed by atoms with E-state index in [2.05, 4.69) is 0 Å². The van der Waals surface area contributed by atoms with Gasteiger partial charge in [-0.2, -0.15) is 0 Å². The second-order valence-electron chi connectivity index (χ2n) is 3.25. The molecule has 0 fully saturated rings. The number of hydrogen-bond acceptors (Lipinski definition) is 4. The fourth-order valence-corrected chi connectivity index (χ4v) is 1.51. The number of ether oxygens (including phenoxy) is 2. The summed E-state index contributed by atoms with van der Waals surface area (Å²) in [6.07, 6.45) is -1.76. The van der Waals surface area contributed by atoms with Gasteiger partial charge >= 0.3 is 12.1 Å². The molecule has 0 radical (unpaired) electrons. The minimum atomic E-state index is -0.956. The predicted molar refractivity (Wildman–Crippen MR) is 61.5 cm³/mol. The Morgan fingerprint density at radius 3 is 2.59 bits per heavy atom. The summed E-state index contributed by atoms with van der Waals surface area (Å²) in [6, 6.07) is 6.77. The van der Waals surface area contributed by atoms with Gasteiger partial charge in [0.25, 0.3) is 0 Å². The third-order valence-corrected chi connectivity index (χ3v) is 2.29. The number of carbonyl (C=O) groups excluding carboxylic acids is 2. The minimum absolute atomic E-state index is 0.123. The molecule has 2 N–H and O–H groups in total. The molecule has 0 saturated carbocycles. The van der Waals surface area contributed by atoms with Crippen LogP contribution in [0.25, 0.3) is 0 Å². The van der Waals surface area contributed by atoms with Crippen molar-refractivity contribution in [3.05, 3.63) is 34.9 Å². The van der Waals surface area contributed by atoms with Crippen LogP contribution in [0, 0.1) is 0 Å². The lowest BCUT2D eigenvalue weighted by atomic mass is 10.1. The number of amides is 1. The number of hydrogen-bond donors (Lipinski definition) is 1. The lowest BCUT2D eigenvalue weighted by molar-refractivity contribution is -0.144. The summed E-state index contributed by atoms with van der Waals surface area (Å²) in [5, 5.41) is 0.408. The molecular formula is C11H12ClNO4. The van der Waals surface area contributed by atoms with Crippen molar-refractivity contribution in [2.45, 2.75) is 13.0 Å². The van der Waals surface area contributed by atoms with Crippen LogP contribution in [0.15, 0.2) is 24.3 Å². The van der Waals surface area contributed by atoms with Gasteiger partial charge in [0.05, 0.1) is 0 Å². The Morgan fingerprint density at radius 2 is 2.06 bits per heavy atom. The van der Waals surface area contributed by atoms with E-state index >= 15 is 0 Å². The van der Waals surface area contributed by atoms with Crippen molar-refractivity contribution in [3.63, 3.8) is 0 Å².